The second-order valence-electron chi connectivity index (χ2n) is 8.64. The number of rotatable bonds is 4. The summed E-state index contributed by atoms with van der Waals surface area (Å²) in [5, 5.41) is 7.12. The van der Waals surface area contributed by atoms with Gasteiger partial charge in [-0.15, -0.1) is 0 Å². The number of carboxylic acids is 1. The Labute approximate surface area is 180 Å². The van der Waals surface area contributed by atoms with E-state index in [2.05, 4.69) is 39.9 Å². The van der Waals surface area contributed by atoms with Crippen LogP contribution >= 0.6 is 0 Å². The van der Waals surface area contributed by atoms with Gasteiger partial charge in [0.25, 0.3) is 0 Å². The van der Waals surface area contributed by atoms with Crippen molar-refractivity contribution < 1.29 is 27.9 Å². The lowest BCUT2D eigenvalue weighted by Crippen LogP contribution is -2.48. The fraction of sp³-hybridized carbons (Fsp3) is 0.667. The molecule has 0 aromatic carbocycles. The van der Waals surface area contributed by atoms with Crippen molar-refractivity contribution in [3.05, 3.63) is 29.6 Å². The minimum absolute atomic E-state index is 0.214. The van der Waals surface area contributed by atoms with E-state index in [1.165, 1.54) is 25.0 Å². The molecule has 31 heavy (non-hydrogen) atoms. The van der Waals surface area contributed by atoms with Gasteiger partial charge in [0, 0.05) is 39.4 Å². The van der Waals surface area contributed by atoms with E-state index in [9.17, 15) is 18.0 Å². The van der Waals surface area contributed by atoms with Gasteiger partial charge in [0.1, 0.15) is 0 Å². The van der Waals surface area contributed by atoms with Gasteiger partial charge >= 0.3 is 12.1 Å². The van der Waals surface area contributed by atoms with Crippen molar-refractivity contribution in [3.63, 3.8) is 0 Å². The maximum atomic E-state index is 12.0. The normalized spacial score (nSPS) is 22.1. The first-order valence-corrected chi connectivity index (χ1v) is 10.3. The average Bonchev–Trinajstić information content (AvgIpc) is 3.03. The van der Waals surface area contributed by atoms with Crippen LogP contribution in [0.3, 0.4) is 0 Å². The van der Waals surface area contributed by atoms with Crippen LogP contribution in [-0.2, 0) is 16.1 Å². The Kier molecular flexibility index (Phi) is 8.41. The number of hydrogen-bond acceptors (Lipinski definition) is 5. The highest BCUT2D eigenvalue weighted by atomic mass is 19.4. The smallest absolute Gasteiger partial charge is 0.475 e. The Morgan fingerprint density at radius 2 is 1.81 bits per heavy atom. The van der Waals surface area contributed by atoms with Crippen LogP contribution in [0.4, 0.5) is 13.2 Å². The van der Waals surface area contributed by atoms with Gasteiger partial charge in [0.05, 0.1) is 12.2 Å². The summed E-state index contributed by atoms with van der Waals surface area (Å²) in [7, 11) is 3.68. The van der Waals surface area contributed by atoms with Gasteiger partial charge in [-0.3, -0.25) is 19.6 Å². The van der Waals surface area contributed by atoms with Crippen molar-refractivity contribution in [2.45, 2.75) is 38.9 Å². The molecule has 0 radical (unpaired) electrons. The maximum Gasteiger partial charge on any atom is 0.490 e. The second-order valence-corrected chi connectivity index (χ2v) is 8.64. The van der Waals surface area contributed by atoms with E-state index in [4.69, 9.17) is 9.90 Å². The summed E-state index contributed by atoms with van der Waals surface area (Å²) in [6, 6.07) is 6.27. The molecule has 7 nitrogen and oxygen atoms in total. The Hall–Kier alpha value is -2.20. The summed E-state index contributed by atoms with van der Waals surface area (Å²) in [4.78, 5) is 32.2. The van der Waals surface area contributed by atoms with Crippen molar-refractivity contribution >= 4 is 11.9 Å². The molecule has 1 unspecified atom stereocenters. The number of aryl methyl sites for hydroxylation is 1. The van der Waals surface area contributed by atoms with Gasteiger partial charge in [-0.1, -0.05) is 6.07 Å². The van der Waals surface area contributed by atoms with Gasteiger partial charge in [-0.2, -0.15) is 13.2 Å². The average molecular weight is 444 g/mol. The Morgan fingerprint density at radius 1 is 1.16 bits per heavy atom. The lowest BCUT2D eigenvalue weighted by molar-refractivity contribution is -0.192. The first-order chi connectivity index (χ1) is 14.4. The monoisotopic (exact) mass is 444 g/mol. The minimum Gasteiger partial charge on any atom is -0.475 e. The van der Waals surface area contributed by atoms with Gasteiger partial charge in [-0.25, -0.2) is 4.79 Å². The number of carbonyl (C=O) groups excluding carboxylic acids is 1. The molecule has 2 saturated heterocycles. The van der Waals surface area contributed by atoms with Gasteiger partial charge in [0.2, 0.25) is 5.91 Å². The van der Waals surface area contributed by atoms with Crippen LogP contribution in [0.5, 0.6) is 0 Å². The summed E-state index contributed by atoms with van der Waals surface area (Å²) < 4.78 is 31.7. The van der Waals surface area contributed by atoms with E-state index < -0.39 is 12.1 Å². The highest BCUT2D eigenvalue weighted by molar-refractivity contribution is 5.77. The second kappa shape index (κ2) is 10.4. The number of pyridine rings is 1. The molecule has 0 aliphatic carbocycles. The van der Waals surface area contributed by atoms with Crippen molar-refractivity contribution in [3.8, 4) is 0 Å². The van der Waals surface area contributed by atoms with Gasteiger partial charge in [0.15, 0.2) is 0 Å². The number of aromatic nitrogens is 1. The lowest BCUT2D eigenvalue weighted by atomic mass is 9.79. The van der Waals surface area contributed by atoms with E-state index in [0.717, 1.165) is 38.4 Å². The molecule has 2 fully saturated rings. The van der Waals surface area contributed by atoms with E-state index in [-0.39, 0.29) is 5.91 Å². The van der Waals surface area contributed by atoms with E-state index in [1.54, 1.807) is 4.90 Å². The number of amides is 1. The number of likely N-dealkylation sites (N-methyl/N-ethyl adjacent to an activating group) is 1. The van der Waals surface area contributed by atoms with E-state index >= 15 is 0 Å². The zero-order valence-electron chi connectivity index (χ0n) is 18.3. The first kappa shape index (κ1) is 25.1. The van der Waals surface area contributed by atoms with Crippen LogP contribution in [0.15, 0.2) is 18.2 Å². The summed E-state index contributed by atoms with van der Waals surface area (Å²) in [6.45, 7) is 7.95. The van der Waals surface area contributed by atoms with Crippen molar-refractivity contribution in [1.82, 2.24) is 19.7 Å². The fourth-order valence-electron chi connectivity index (χ4n) is 4.19. The molecule has 1 N–H and O–H groups in total. The number of piperidine rings is 1. The van der Waals surface area contributed by atoms with Crippen molar-refractivity contribution in [2.75, 3.05) is 46.8 Å². The highest BCUT2D eigenvalue weighted by Crippen LogP contribution is 2.39. The van der Waals surface area contributed by atoms with Gasteiger partial charge < -0.3 is 10.0 Å². The standard InChI is InChI=1S/C19H30N4O.C2HF3O2/c1-16-6-4-7-17(20-16)12-23-11-9-19(15-23)8-5-10-22(14-19)13-18(24)21(2)3;3-2(4,5)1(6)7/h4,6-7H,5,8-15H2,1-3H3;(H,6,7). The zero-order valence-corrected chi connectivity index (χ0v) is 18.3. The fourth-order valence-corrected chi connectivity index (χ4v) is 4.19. The number of alkyl halides is 3. The van der Waals surface area contributed by atoms with E-state index in [0.29, 0.717) is 12.0 Å². The van der Waals surface area contributed by atoms with Crippen LogP contribution in [0, 0.1) is 12.3 Å². The number of carboxylic acid groups (broad SMARTS) is 1. The molecule has 10 heteroatoms. The molecule has 1 spiro atoms. The molecule has 0 bridgehead atoms. The summed E-state index contributed by atoms with van der Waals surface area (Å²) >= 11 is 0. The molecule has 3 rings (SSSR count). The number of aliphatic carboxylic acids is 1. The third-order valence-electron chi connectivity index (χ3n) is 5.69. The van der Waals surface area contributed by atoms with Crippen LogP contribution in [0.2, 0.25) is 0 Å². The summed E-state index contributed by atoms with van der Waals surface area (Å²) in [6.07, 6.45) is -1.35. The van der Waals surface area contributed by atoms with E-state index in [1.807, 2.05) is 14.1 Å². The molecule has 1 aromatic rings. The van der Waals surface area contributed by atoms with Crippen molar-refractivity contribution in [1.29, 1.82) is 0 Å². The Morgan fingerprint density at radius 3 is 2.39 bits per heavy atom. The summed E-state index contributed by atoms with van der Waals surface area (Å²) in [5.41, 5.74) is 2.63. The number of nitrogens with zero attached hydrogens (tertiary/aromatic N) is 4. The third kappa shape index (κ3) is 7.77. The van der Waals surface area contributed by atoms with Crippen molar-refractivity contribution in [2.24, 2.45) is 5.41 Å². The molecule has 2 aliphatic heterocycles. The first-order valence-electron chi connectivity index (χ1n) is 10.3. The molecule has 1 amide bonds. The van der Waals surface area contributed by atoms with Crippen LogP contribution in [0.1, 0.15) is 30.7 Å². The molecule has 3 heterocycles. The number of likely N-dealkylation sites (tertiary alicyclic amines) is 2. The van der Waals surface area contributed by atoms with Crippen LogP contribution in [0.25, 0.3) is 0 Å². The molecular formula is C21H31F3N4O3. The number of carbonyl (C=O) groups is 2. The predicted octanol–water partition coefficient (Wildman–Crippen LogP) is 2.40. The third-order valence-corrected chi connectivity index (χ3v) is 5.69. The molecule has 2 aliphatic rings. The van der Waals surface area contributed by atoms with Gasteiger partial charge in [-0.05, 0) is 56.8 Å². The van der Waals surface area contributed by atoms with Crippen LogP contribution < -0.4 is 0 Å². The minimum atomic E-state index is -5.08. The topological polar surface area (TPSA) is 77.0 Å². The number of hydrogen-bond donors (Lipinski definition) is 1. The van der Waals surface area contributed by atoms with Crippen LogP contribution in [-0.4, -0.2) is 89.7 Å². The largest absolute Gasteiger partial charge is 0.490 e. The summed E-state index contributed by atoms with van der Waals surface area (Å²) in [5.74, 6) is -2.54. The quantitative estimate of drug-likeness (QED) is 0.769. The molecule has 0 saturated carbocycles. The zero-order chi connectivity index (χ0) is 23.2. The Balaban J connectivity index is 0.000000423. The molecular weight excluding hydrogens is 413 g/mol. The predicted molar refractivity (Wildman–Crippen MR) is 109 cm³/mol. The molecule has 1 aromatic heterocycles. The molecule has 1 atom stereocenters. The lowest BCUT2D eigenvalue weighted by Gasteiger charge is -2.40. The SMILES string of the molecule is Cc1cccc(CN2CCC3(CCCN(CC(=O)N(C)C)C3)C2)n1.O=C(O)C(F)(F)F. The maximum absolute atomic E-state index is 12.0. The Bertz CT molecular complexity index is 772. The highest BCUT2D eigenvalue weighted by Gasteiger charge is 2.41. The number of halogens is 3. The molecule has 174 valence electrons.